The first kappa shape index (κ1) is 21.0. The van der Waals surface area contributed by atoms with Gasteiger partial charge in [-0.1, -0.05) is 48.5 Å². The Bertz CT molecular complexity index is 947. The molecule has 6 heteroatoms. The number of nitrogens with zero attached hydrogens (tertiary/aromatic N) is 3. The molecule has 2 heterocycles. The number of carbonyl (C=O) groups excluding carboxylic acids is 1. The van der Waals surface area contributed by atoms with E-state index >= 15 is 0 Å². The van der Waals surface area contributed by atoms with Crippen LogP contribution < -0.4 is 10.6 Å². The van der Waals surface area contributed by atoms with Crippen LogP contribution in [0.5, 0.6) is 0 Å². The van der Waals surface area contributed by atoms with Gasteiger partial charge in [-0.15, -0.1) is 0 Å². The molecule has 2 aliphatic rings. The van der Waals surface area contributed by atoms with Crippen molar-refractivity contribution in [1.82, 2.24) is 15.1 Å². The Labute approximate surface area is 184 Å². The third-order valence-electron chi connectivity index (χ3n) is 5.89. The standard InChI is InChI=1S/C25H31N5O/c1-26-24(29-16-12-22(13-17-29)21-9-3-2-4-10-21)27-19-20-8-7-11-23(18-20)28-25(31)30-14-5-6-15-30/h2-4,7-12,18H,5-6,13-17,19H2,1H3,(H,26,27)(H,28,31). The quantitative estimate of drug-likeness (QED) is 0.580. The van der Waals surface area contributed by atoms with Gasteiger partial charge in [0, 0.05) is 45.5 Å². The molecule has 2 aromatic rings. The largest absolute Gasteiger partial charge is 0.352 e. The molecule has 1 fully saturated rings. The van der Waals surface area contributed by atoms with Crippen LogP contribution in [0.1, 0.15) is 30.4 Å². The zero-order chi connectivity index (χ0) is 21.5. The van der Waals surface area contributed by atoms with Crippen molar-refractivity contribution in [2.75, 3.05) is 38.5 Å². The van der Waals surface area contributed by atoms with E-state index in [0.717, 1.165) is 62.7 Å². The number of likely N-dealkylation sites (tertiary alicyclic amines) is 1. The van der Waals surface area contributed by atoms with Crippen LogP contribution in [0.15, 0.2) is 65.7 Å². The number of urea groups is 1. The van der Waals surface area contributed by atoms with Crippen LogP contribution in [0.3, 0.4) is 0 Å². The van der Waals surface area contributed by atoms with E-state index in [2.05, 4.69) is 63.0 Å². The maximum absolute atomic E-state index is 12.3. The number of guanidine groups is 1. The second kappa shape index (κ2) is 10.2. The highest BCUT2D eigenvalue weighted by atomic mass is 16.2. The van der Waals surface area contributed by atoms with E-state index in [9.17, 15) is 4.79 Å². The molecule has 2 aliphatic heterocycles. The van der Waals surface area contributed by atoms with Crippen LogP contribution in [-0.2, 0) is 6.54 Å². The van der Waals surface area contributed by atoms with Gasteiger partial charge < -0.3 is 20.4 Å². The van der Waals surface area contributed by atoms with E-state index < -0.39 is 0 Å². The van der Waals surface area contributed by atoms with Crippen molar-refractivity contribution in [1.29, 1.82) is 0 Å². The van der Waals surface area contributed by atoms with Gasteiger partial charge in [0.2, 0.25) is 0 Å². The lowest BCUT2D eigenvalue weighted by Gasteiger charge is -2.30. The van der Waals surface area contributed by atoms with Gasteiger partial charge in [0.15, 0.2) is 5.96 Å². The molecule has 0 unspecified atom stereocenters. The molecular formula is C25H31N5O. The van der Waals surface area contributed by atoms with Gasteiger partial charge in [0.25, 0.3) is 0 Å². The molecule has 2 amide bonds. The van der Waals surface area contributed by atoms with Crippen molar-refractivity contribution in [3.05, 3.63) is 71.8 Å². The number of hydrogen-bond donors (Lipinski definition) is 2. The van der Waals surface area contributed by atoms with Gasteiger partial charge in [-0.2, -0.15) is 0 Å². The Kier molecular flexibility index (Phi) is 6.87. The average Bonchev–Trinajstić information content (AvgIpc) is 3.36. The van der Waals surface area contributed by atoms with Crippen molar-refractivity contribution < 1.29 is 4.79 Å². The topological polar surface area (TPSA) is 60.0 Å². The first-order valence-corrected chi connectivity index (χ1v) is 11.1. The third kappa shape index (κ3) is 5.45. The maximum atomic E-state index is 12.3. The fourth-order valence-electron chi connectivity index (χ4n) is 4.17. The molecular weight excluding hydrogens is 386 g/mol. The SMILES string of the molecule is CN=C(NCc1cccc(NC(=O)N2CCCC2)c1)N1CC=C(c2ccccc2)CC1. The number of nitrogens with one attached hydrogen (secondary N) is 2. The van der Waals surface area contributed by atoms with Crippen LogP contribution in [0.25, 0.3) is 5.57 Å². The van der Waals surface area contributed by atoms with Gasteiger partial charge >= 0.3 is 6.03 Å². The number of aliphatic imine (C=N–C) groups is 1. The maximum Gasteiger partial charge on any atom is 0.321 e. The molecule has 0 spiro atoms. The molecule has 0 aromatic heterocycles. The first-order valence-electron chi connectivity index (χ1n) is 11.1. The molecule has 0 aliphatic carbocycles. The predicted molar refractivity (Wildman–Crippen MR) is 127 cm³/mol. The van der Waals surface area contributed by atoms with Gasteiger partial charge in [-0.25, -0.2) is 4.79 Å². The number of benzene rings is 2. The second-order valence-corrected chi connectivity index (χ2v) is 8.02. The van der Waals surface area contributed by atoms with Crippen molar-refractivity contribution in [2.45, 2.75) is 25.8 Å². The average molecular weight is 418 g/mol. The summed E-state index contributed by atoms with van der Waals surface area (Å²) in [4.78, 5) is 21.0. The highest BCUT2D eigenvalue weighted by Crippen LogP contribution is 2.22. The minimum Gasteiger partial charge on any atom is -0.352 e. The Morgan fingerprint density at radius 1 is 1.00 bits per heavy atom. The number of rotatable bonds is 4. The number of anilines is 1. The van der Waals surface area contributed by atoms with Gasteiger partial charge in [-0.3, -0.25) is 4.99 Å². The number of amides is 2. The van der Waals surface area contributed by atoms with Crippen LogP contribution in [0, 0.1) is 0 Å². The summed E-state index contributed by atoms with van der Waals surface area (Å²) in [6, 6.07) is 18.6. The predicted octanol–water partition coefficient (Wildman–Crippen LogP) is 4.18. The Morgan fingerprint density at radius 2 is 1.81 bits per heavy atom. The highest BCUT2D eigenvalue weighted by molar-refractivity contribution is 5.89. The van der Waals surface area contributed by atoms with Gasteiger partial charge in [0.1, 0.15) is 0 Å². The molecule has 31 heavy (non-hydrogen) atoms. The summed E-state index contributed by atoms with van der Waals surface area (Å²) < 4.78 is 0. The monoisotopic (exact) mass is 417 g/mol. The fourth-order valence-corrected chi connectivity index (χ4v) is 4.17. The van der Waals surface area contributed by atoms with Gasteiger partial charge in [-0.05, 0) is 48.1 Å². The van der Waals surface area contributed by atoms with Crippen LogP contribution in [0.2, 0.25) is 0 Å². The molecule has 162 valence electrons. The molecule has 2 aromatic carbocycles. The van der Waals surface area contributed by atoms with Crippen LogP contribution in [0.4, 0.5) is 10.5 Å². The second-order valence-electron chi connectivity index (χ2n) is 8.02. The summed E-state index contributed by atoms with van der Waals surface area (Å²) in [5, 5.41) is 6.49. The zero-order valence-corrected chi connectivity index (χ0v) is 18.2. The number of hydrogen-bond acceptors (Lipinski definition) is 2. The summed E-state index contributed by atoms with van der Waals surface area (Å²) in [5.41, 5.74) is 4.64. The van der Waals surface area contributed by atoms with E-state index in [1.54, 1.807) is 0 Å². The van der Waals surface area contributed by atoms with E-state index in [-0.39, 0.29) is 6.03 Å². The van der Waals surface area contributed by atoms with Crippen LogP contribution in [-0.4, -0.2) is 55.0 Å². The molecule has 0 saturated carbocycles. The summed E-state index contributed by atoms with van der Waals surface area (Å²) in [5.74, 6) is 0.898. The molecule has 6 nitrogen and oxygen atoms in total. The Morgan fingerprint density at radius 3 is 2.52 bits per heavy atom. The van der Waals surface area contributed by atoms with Crippen molar-refractivity contribution >= 4 is 23.3 Å². The molecule has 0 radical (unpaired) electrons. The summed E-state index contributed by atoms with van der Waals surface area (Å²) in [6.45, 7) is 4.13. The van der Waals surface area contributed by atoms with Crippen molar-refractivity contribution in [2.24, 2.45) is 4.99 Å². The lowest BCUT2D eigenvalue weighted by atomic mass is 10.00. The summed E-state index contributed by atoms with van der Waals surface area (Å²) in [6.07, 6.45) is 5.48. The molecule has 4 rings (SSSR count). The highest BCUT2D eigenvalue weighted by Gasteiger charge is 2.18. The minimum absolute atomic E-state index is 0.00672. The van der Waals surface area contributed by atoms with E-state index in [4.69, 9.17) is 0 Å². The summed E-state index contributed by atoms with van der Waals surface area (Å²) in [7, 11) is 1.82. The Hall–Kier alpha value is -3.28. The Balaban J connectivity index is 1.32. The van der Waals surface area contributed by atoms with E-state index in [1.807, 2.05) is 30.1 Å². The minimum atomic E-state index is -0.00672. The smallest absolute Gasteiger partial charge is 0.321 e. The first-order chi connectivity index (χ1) is 15.2. The van der Waals surface area contributed by atoms with E-state index in [0.29, 0.717) is 6.54 Å². The third-order valence-corrected chi connectivity index (χ3v) is 5.89. The zero-order valence-electron chi connectivity index (χ0n) is 18.2. The molecule has 1 saturated heterocycles. The van der Waals surface area contributed by atoms with E-state index in [1.165, 1.54) is 11.1 Å². The van der Waals surface area contributed by atoms with Crippen molar-refractivity contribution in [3.8, 4) is 0 Å². The number of carbonyl (C=O) groups is 1. The van der Waals surface area contributed by atoms with Gasteiger partial charge in [0.05, 0.1) is 0 Å². The molecule has 0 bridgehead atoms. The summed E-state index contributed by atoms with van der Waals surface area (Å²) >= 11 is 0. The molecule has 2 N–H and O–H groups in total. The lowest BCUT2D eigenvalue weighted by molar-refractivity contribution is 0.222. The lowest BCUT2D eigenvalue weighted by Crippen LogP contribution is -2.43. The van der Waals surface area contributed by atoms with Crippen LogP contribution >= 0.6 is 0 Å². The fraction of sp³-hybridized carbons (Fsp3) is 0.360. The molecule has 0 atom stereocenters. The van der Waals surface area contributed by atoms with Crippen molar-refractivity contribution in [3.63, 3.8) is 0 Å². The normalized spacial score (nSPS) is 16.8.